The summed E-state index contributed by atoms with van der Waals surface area (Å²) in [5.74, 6) is -2.43. The number of hydrogen-bond donors (Lipinski definition) is 2. The van der Waals surface area contributed by atoms with Crippen LogP contribution >= 0.6 is 0 Å². The van der Waals surface area contributed by atoms with Crippen molar-refractivity contribution in [3.8, 4) is 0 Å². The highest BCUT2D eigenvalue weighted by atomic mass is 16.4. The number of hydrogen-bond acceptors (Lipinski definition) is 2. The number of aromatic carboxylic acids is 2. The summed E-state index contributed by atoms with van der Waals surface area (Å²) in [5.41, 5.74) is -0.250. The van der Waals surface area contributed by atoms with Gasteiger partial charge in [-0.1, -0.05) is 48.5 Å². The fourth-order valence-corrected chi connectivity index (χ4v) is 3.34. The van der Waals surface area contributed by atoms with E-state index in [4.69, 9.17) is 0 Å². The molecule has 2 N–H and O–H groups in total. The standard InChI is InChI=1S/C18H10O4/c19-17(20)15-13-9-5-1-2-6-10(9)14(16(15)18(21)22)12-8-4-3-7-11(12)13/h1-8H,(H,19,20)(H,21,22). The van der Waals surface area contributed by atoms with Crippen LogP contribution in [0.4, 0.5) is 0 Å². The van der Waals surface area contributed by atoms with Crippen LogP contribution in [-0.4, -0.2) is 22.2 Å². The third-order valence-corrected chi connectivity index (χ3v) is 4.11. The molecule has 4 nitrogen and oxygen atoms in total. The highest BCUT2D eigenvalue weighted by Gasteiger charge is 2.28. The first-order chi connectivity index (χ1) is 10.6. The monoisotopic (exact) mass is 290 g/mol. The van der Waals surface area contributed by atoms with Crippen molar-refractivity contribution in [1.82, 2.24) is 0 Å². The second kappa shape index (κ2) is 4.18. The molecule has 0 unspecified atom stereocenters. The van der Waals surface area contributed by atoms with Crippen molar-refractivity contribution in [1.29, 1.82) is 0 Å². The lowest BCUT2D eigenvalue weighted by Crippen LogP contribution is -2.12. The molecule has 5 aromatic carbocycles. The van der Waals surface area contributed by atoms with Gasteiger partial charge in [0, 0.05) is 10.8 Å². The Bertz CT molecular complexity index is 933. The maximum atomic E-state index is 11.7. The third-order valence-electron chi connectivity index (χ3n) is 4.11. The molecule has 0 radical (unpaired) electrons. The molecule has 0 fully saturated rings. The zero-order chi connectivity index (χ0) is 15.4. The van der Waals surface area contributed by atoms with Gasteiger partial charge in [-0.25, -0.2) is 9.59 Å². The number of carbonyl (C=O) groups is 2. The molecular formula is C18H10O4. The Morgan fingerprint density at radius 2 is 0.864 bits per heavy atom. The van der Waals surface area contributed by atoms with E-state index >= 15 is 0 Å². The summed E-state index contributed by atoms with van der Waals surface area (Å²) in [6, 6.07) is 14.7. The summed E-state index contributed by atoms with van der Waals surface area (Å²) in [6.45, 7) is 0. The van der Waals surface area contributed by atoms with E-state index in [0.717, 1.165) is 21.5 Å². The average Bonchev–Trinajstić information content (AvgIpc) is 2.53. The Morgan fingerprint density at radius 3 is 1.09 bits per heavy atom. The van der Waals surface area contributed by atoms with Crippen molar-refractivity contribution in [3.05, 3.63) is 59.7 Å². The molecule has 4 heteroatoms. The highest BCUT2D eigenvalue weighted by molar-refractivity contribution is 6.37. The topological polar surface area (TPSA) is 74.6 Å². The van der Waals surface area contributed by atoms with E-state index in [0.29, 0.717) is 10.8 Å². The fourth-order valence-electron chi connectivity index (χ4n) is 3.34. The van der Waals surface area contributed by atoms with Crippen molar-refractivity contribution in [2.45, 2.75) is 0 Å². The van der Waals surface area contributed by atoms with Gasteiger partial charge in [-0.3, -0.25) is 0 Å². The normalized spacial score (nSPS) is 11.5. The van der Waals surface area contributed by atoms with E-state index in [1.807, 2.05) is 48.5 Å². The number of benzene rings is 5. The Labute approximate surface area is 124 Å². The van der Waals surface area contributed by atoms with Gasteiger partial charge >= 0.3 is 11.9 Å². The summed E-state index contributed by atoms with van der Waals surface area (Å²) in [5, 5.41) is 23.2. The minimum atomic E-state index is -1.21. The van der Waals surface area contributed by atoms with Crippen LogP contribution in [0.1, 0.15) is 20.7 Å². The van der Waals surface area contributed by atoms with Crippen LogP contribution < -0.4 is 0 Å². The third kappa shape index (κ3) is 1.41. The molecule has 0 spiro atoms. The predicted octanol–water partition coefficient (Wildman–Crippen LogP) is 3.98. The van der Waals surface area contributed by atoms with Gasteiger partial charge in [0.25, 0.3) is 0 Å². The quantitative estimate of drug-likeness (QED) is 0.547. The molecule has 0 aromatic heterocycles. The maximum Gasteiger partial charge on any atom is 0.337 e. The molecule has 0 atom stereocenters. The molecule has 5 rings (SSSR count). The first-order valence-electron chi connectivity index (χ1n) is 6.76. The summed E-state index contributed by atoms with van der Waals surface area (Å²) >= 11 is 0. The molecule has 0 amide bonds. The van der Waals surface area contributed by atoms with E-state index < -0.39 is 11.9 Å². The predicted molar refractivity (Wildman–Crippen MR) is 84.1 cm³/mol. The Balaban J connectivity index is 2.48. The second-order valence-electron chi connectivity index (χ2n) is 5.20. The number of fused-ring (bicyclic) bond motifs is 1. The highest BCUT2D eigenvalue weighted by Crippen LogP contribution is 2.42. The van der Waals surface area contributed by atoms with Crippen molar-refractivity contribution in [2.75, 3.05) is 0 Å². The van der Waals surface area contributed by atoms with Crippen molar-refractivity contribution in [2.24, 2.45) is 0 Å². The van der Waals surface area contributed by atoms with Crippen LogP contribution in [0.5, 0.6) is 0 Å². The molecule has 0 heterocycles. The van der Waals surface area contributed by atoms with Crippen molar-refractivity contribution in [3.63, 3.8) is 0 Å². The second-order valence-corrected chi connectivity index (χ2v) is 5.20. The number of carboxylic acid groups (broad SMARTS) is 2. The molecule has 0 saturated heterocycles. The van der Waals surface area contributed by atoms with Crippen LogP contribution in [-0.2, 0) is 0 Å². The van der Waals surface area contributed by atoms with Gasteiger partial charge in [-0.15, -0.1) is 0 Å². The van der Waals surface area contributed by atoms with Gasteiger partial charge in [-0.2, -0.15) is 0 Å². The Hall–Kier alpha value is -3.14. The zero-order valence-electron chi connectivity index (χ0n) is 11.3. The van der Waals surface area contributed by atoms with E-state index in [9.17, 15) is 19.8 Å². The van der Waals surface area contributed by atoms with Gasteiger partial charge in [-0.05, 0) is 21.5 Å². The largest absolute Gasteiger partial charge is 0.478 e. The minimum Gasteiger partial charge on any atom is -0.478 e. The van der Waals surface area contributed by atoms with Crippen LogP contribution in [0.15, 0.2) is 48.5 Å². The smallest absolute Gasteiger partial charge is 0.337 e. The van der Waals surface area contributed by atoms with E-state index in [1.165, 1.54) is 0 Å². The van der Waals surface area contributed by atoms with Crippen LogP contribution in [0.2, 0.25) is 0 Å². The molecule has 106 valence electrons. The number of carboxylic acids is 2. The Morgan fingerprint density at radius 1 is 0.591 bits per heavy atom. The first-order valence-corrected chi connectivity index (χ1v) is 6.76. The molecule has 5 aromatic rings. The van der Waals surface area contributed by atoms with Crippen molar-refractivity contribution < 1.29 is 19.8 Å². The summed E-state index contributed by atoms with van der Waals surface area (Å²) in [4.78, 5) is 23.4. The van der Waals surface area contributed by atoms with E-state index in [2.05, 4.69) is 0 Å². The van der Waals surface area contributed by atoms with Crippen molar-refractivity contribution >= 4 is 44.3 Å². The lowest BCUT2D eigenvalue weighted by molar-refractivity contribution is 0.0655. The molecule has 0 saturated carbocycles. The first kappa shape index (κ1) is 12.6. The Kier molecular flexibility index (Phi) is 2.39. The molecule has 0 aliphatic heterocycles. The molecular weight excluding hydrogens is 280 g/mol. The van der Waals surface area contributed by atoms with Gasteiger partial charge in [0.05, 0.1) is 11.1 Å². The minimum absolute atomic E-state index is 0.125. The SMILES string of the molecule is O=C(O)c1c(C(=O)O)c2c3ccccc3c1c1ccccc12. The molecule has 0 aliphatic rings. The molecule has 2 bridgehead atoms. The average molecular weight is 290 g/mol. The van der Waals surface area contributed by atoms with Gasteiger partial charge in [0.2, 0.25) is 0 Å². The van der Waals surface area contributed by atoms with Crippen LogP contribution in [0.25, 0.3) is 32.3 Å². The summed E-state index contributed by atoms with van der Waals surface area (Å²) in [7, 11) is 0. The summed E-state index contributed by atoms with van der Waals surface area (Å²) < 4.78 is 0. The van der Waals surface area contributed by atoms with E-state index in [-0.39, 0.29) is 11.1 Å². The van der Waals surface area contributed by atoms with Gasteiger partial charge in [0.1, 0.15) is 0 Å². The fraction of sp³-hybridized carbons (Fsp3) is 0. The summed E-state index contributed by atoms with van der Waals surface area (Å²) in [6.07, 6.45) is 0. The van der Waals surface area contributed by atoms with Crippen LogP contribution in [0, 0.1) is 0 Å². The lowest BCUT2D eigenvalue weighted by Gasteiger charge is -2.18. The number of rotatable bonds is 2. The zero-order valence-corrected chi connectivity index (χ0v) is 11.3. The molecule has 0 aliphatic carbocycles. The maximum absolute atomic E-state index is 11.7. The van der Waals surface area contributed by atoms with Crippen LogP contribution in [0.3, 0.4) is 0 Å². The van der Waals surface area contributed by atoms with Gasteiger partial charge < -0.3 is 10.2 Å². The van der Waals surface area contributed by atoms with E-state index in [1.54, 1.807) is 0 Å². The molecule has 22 heavy (non-hydrogen) atoms. The lowest BCUT2D eigenvalue weighted by atomic mass is 9.84. The van der Waals surface area contributed by atoms with Gasteiger partial charge in [0.15, 0.2) is 0 Å².